The maximum absolute atomic E-state index is 12.6. The van der Waals surface area contributed by atoms with Crippen LogP contribution in [0.1, 0.15) is 63.5 Å². The van der Waals surface area contributed by atoms with Gasteiger partial charge in [0.05, 0.1) is 23.2 Å². The Morgan fingerprint density at radius 2 is 1.88 bits per heavy atom. The Morgan fingerprint density at radius 3 is 2.50 bits per heavy atom. The number of aromatic nitrogens is 4. The summed E-state index contributed by atoms with van der Waals surface area (Å²) >= 11 is 0. The predicted octanol–water partition coefficient (Wildman–Crippen LogP) is 2.46. The summed E-state index contributed by atoms with van der Waals surface area (Å²) in [7, 11) is -3.12. The monoisotopic (exact) mass is 459 g/mol. The SMILES string of the molecule is Cc1cnc(NC2CCN(S(=O)(=O)C3CCC3)CC2)nc1-c1cnn(C2CC(C)(N)C2)c1. The first-order valence-electron chi connectivity index (χ1n) is 11.6. The molecular formula is C22H33N7O2S. The molecule has 0 radical (unpaired) electrons. The number of aryl methyl sites for hydroxylation is 1. The van der Waals surface area contributed by atoms with Crippen LogP contribution in [0, 0.1) is 6.92 Å². The fourth-order valence-electron chi connectivity index (χ4n) is 4.98. The van der Waals surface area contributed by atoms with Crippen molar-refractivity contribution in [3.63, 3.8) is 0 Å². The van der Waals surface area contributed by atoms with Gasteiger partial charge in [-0.1, -0.05) is 6.42 Å². The van der Waals surface area contributed by atoms with Gasteiger partial charge in [-0.25, -0.2) is 22.7 Å². The van der Waals surface area contributed by atoms with E-state index in [1.807, 2.05) is 30.2 Å². The quantitative estimate of drug-likeness (QED) is 0.681. The van der Waals surface area contributed by atoms with Crippen molar-refractivity contribution >= 4 is 16.0 Å². The molecule has 2 aromatic heterocycles. The number of nitrogens with zero attached hydrogens (tertiary/aromatic N) is 5. The van der Waals surface area contributed by atoms with Gasteiger partial charge in [-0.05, 0) is 57.9 Å². The molecule has 0 amide bonds. The average molecular weight is 460 g/mol. The largest absolute Gasteiger partial charge is 0.351 e. The zero-order chi connectivity index (χ0) is 22.5. The van der Waals surface area contributed by atoms with Gasteiger partial charge < -0.3 is 11.1 Å². The van der Waals surface area contributed by atoms with Crippen LogP contribution in [0.25, 0.3) is 11.3 Å². The lowest BCUT2D eigenvalue weighted by atomic mass is 9.75. The Kier molecular flexibility index (Phi) is 5.50. The molecule has 1 saturated heterocycles. The lowest BCUT2D eigenvalue weighted by Crippen LogP contribution is -2.49. The molecule has 174 valence electrons. The molecule has 32 heavy (non-hydrogen) atoms. The maximum Gasteiger partial charge on any atom is 0.223 e. The summed E-state index contributed by atoms with van der Waals surface area (Å²) in [5, 5.41) is 7.81. The fourth-order valence-corrected chi connectivity index (χ4v) is 7.05. The van der Waals surface area contributed by atoms with E-state index in [1.54, 1.807) is 4.31 Å². The van der Waals surface area contributed by atoms with E-state index in [1.165, 1.54) is 0 Å². The maximum atomic E-state index is 12.6. The van der Waals surface area contributed by atoms with Crippen LogP contribution in [-0.2, 0) is 10.0 Å². The van der Waals surface area contributed by atoms with Crippen molar-refractivity contribution in [1.82, 2.24) is 24.1 Å². The first-order chi connectivity index (χ1) is 15.2. The van der Waals surface area contributed by atoms with Crippen LogP contribution in [0.3, 0.4) is 0 Å². The average Bonchev–Trinajstić information content (AvgIpc) is 3.16. The molecule has 0 aromatic carbocycles. The molecule has 5 rings (SSSR count). The highest BCUT2D eigenvalue weighted by Crippen LogP contribution is 2.39. The zero-order valence-corrected chi connectivity index (χ0v) is 19.7. The molecule has 3 heterocycles. The zero-order valence-electron chi connectivity index (χ0n) is 18.9. The number of hydrogen-bond donors (Lipinski definition) is 2. The number of nitrogens with one attached hydrogen (secondary N) is 1. The molecule has 0 atom stereocenters. The number of hydrogen-bond acceptors (Lipinski definition) is 7. The summed E-state index contributed by atoms with van der Waals surface area (Å²) in [6, 6.07) is 0.512. The number of anilines is 1. The van der Waals surface area contributed by atoms with Gasteiger partial charge in [0.2, 0.25) is 16.0 Å². The third-order valence-corrected chi connectivity index (χ3v) is 9.64. The molecule has 2 aromatic rings. The molecule has 3 aliphatic rings. The van der Waals surface area contributed by atoms with E-state index < -0.39 is 10.0 Å². The summed E-state index contributed by atoms with van der Waals surface area (Å²) in [5.41, 5.74) is 8.89. The second kappa shape index (κ2) is 8.07. The molecular weight excluding hydrogens is 426 g/mol. The van der Waals surface area contributed by atoms with Gasteiger partial charge in [0, 0.05) is 42.6 Å². The third kappa shape index (κ3) is 4.15. The highest BCUT2D eigenvalue weighted by atomic mass is 32.2. The van der Waals surface area contributed by atoms with E-state index in [9.17, 15) is 8.42 Å². The van der Waals surface area contributed by atoms with E-state index in [2.05, 4.69) is 22.3 Å². The number of piperidine rings is 1. The molecule has 0 spiro atoms. The Bertz CT molecular complexity index is 1080. The lowest BCUT2D eigenvalue weighted by molar-refractivity contribution is 0.160. The Balaban J connectivity index is 1.23. The van der Waals surface area contributed by atoms with Crippen molar-refractivity contribution in [3.05, 3.63) is 24.2 Å². The molecule has 3 N–H and O–H groups in total. The van der Waals surface area contributed by atoms with Crippen LogP contribution in [0.5, 0.6) is 0 Å². The van der Waals surface area contributed by atoms with Crippen LogP contribution >= 0.6 is 0 Å². The summed E-state index contributed by atoms with van der Waals surface area (Å²) in [6.07, 6.45) is 11.8. The molecule has 2 saturated carbocycles. The fraction of sp³-hybridized carbons (Fsp3) is 0.682. The summed E-state index contributed by atoms with van der Waals surface area (Å²) < 4.78 is 29.0. The van der Waals surface area contributed by atoms with E-state index in [4.69, 9.17) is 10.7 Å². The van der Waals surface area contributed by atoms with Crippen molar-refractivity contribution in [2.45, 2.75) is 81.7 Å². The first kappa shape index (κ1) is 21.8. The van der Waals surface area contributed by atoms with Crippen LogP contribution in [0.15, 0.2) is 18.6 Å². The van der Waals surface area contributed by atoms with Crippen molar-refractivity contribution in [2.75, 3.05) is 18.4 Å². The third-order valence-electron chi connectivity index (χ3n) is 7.25. The molecule has 0 unspecified atom stereocenters. The van der Waals surface area contributed by atoms with Gasteiger partial charge in [-0.3, -0.25) is 4.68 Å². The predicted molar refractivity (Wildman–Crippen MR) is 124 cm³/mol. The molecule has 0 bridgehead atoms. The van der Waals surface area contributed by atoms with Crippen molar-refractivity contribution in [2.24, 2.45) is 5.73 Å². The lowest BCUT2D eigenvalue weighted by Gasteiger charge is -2.42. The van der Waals surface area contributed by atoms with Crippen molar-refractivity contribution in [1.29, 1.82) is 0 Å². The van der Waals surface area contributed by atoms with Gasteiger partial charge in [0.1, 0.15) is 0 Å². The summed E-state index contributed by atoms with van der Waals surface area (Å²) in [6.45, 7) is 5.20. The number of rotatable bonds is 6. The minimum atomic E-state index is -3.12. The van der Waals surface area contributed by atoms with Gasteiger partial charge in [-0.15, -0.1) is 0 Å². The minimum absolute atomic E-state index is 0.0918. The smallest absolute Gasteiger partial charge is 0.223 e. The Labute approximate surface area is 189 Å². The number of nitrogens with two attached hydrogens (primary N) is 1. The van der Waals surface area contributed by atoms with Gasteiger partial charge >= 0.3 is 0 Å². The molecule has 3 fully saturated rings. The Morgan fingerprint density at radius 1 is 1.16 bits per heavy atom. The molecule has 1 aliphatic heterocycles. The molecule has 9 nitrogen and oxygen atoms in total. The second-order valence-corrected chi connectivity index (χ2v) is 12.3. The second-order valence-electron chi connectivity index (χ2n) is 10.1. The van der Waals surface area contributed by atoms with Crippen LogP contribution in [-0.4, -0.2) is 62.4 Å². The van der Waals surface area contributed by atoms with Crippen LogP contribution in [0.4, 0.5) is 5.95 Å². The normalized spacial score (nSPS) is 27.7. The van der Waals surface area contributed by atoms with Gasteiger partial charge in [-0.2, -0.15) is 5.10 Å². The van der Waals surface area contributed by atoms with E-state index >= 15 is 0 Å². The minimum Gasteiger partial charge on any atom is -0.351 e. The highest BCUT2D eigenvalue weighted by molar-refractivity contribution is 7.89. The van der Waals surface area contributed by atoms with Gasteiger partial charge in [0.15, 0.2) is 0 Å². The summed E-state index contributed by atoms with van der Waals surface area (Å²) in [4.78, 5) is 9.24. The standard InChI is InChI=1S/C22H33N7O2S/c1-15-12-24-21(26-17-6-8-28(9-7-17)32(30,31)19-4-3-5-19)27-20(15)16-13-25-29(14-16)18-10-22(2,23)11-18/h12-14,17-19H,3-11,23H2,1-2H3,(H,24,26,27). The first-order valence-corrected chi connectivity index (χ1v) is 13.1. The van der Waals surface area contributed by atoms with Crippen molar-refractivity contribution in [3.8, 4) is 11.3 Å². The summed E-state index contributed by atoms with van der Waals surface area (Å²) in [5.74, 6) is 0.580. The van der Waals surface area contributed by atoms with E-state index in [0.717, 1.165) is 61.8 Å². The van der Waals surface area contributed by atoms with Gasteiger partial charge in [0.25, 0.3) is 0 Å². The van der Waals surface area contributed by atoms with E-state index in [-0.39, 0.29) is 16.8 Å². The van der Waals surface area contributed by atoms with Crippen LogP contribution in [0.2, 0.25) is 0 Å². The van der Waals surface area contributed by atoms with E-state index in [0.29, 0.717) is 25.1 Å². The van der Waals surface area contributed by atoms with Crippen molar-refractivity contribution < 1.29 is 8.42 Å². The molecule has 10 heteroatoms. The topological polar surface area (TPSA) is 119 Å². The Hall–Kier alpha value is -2.04. The number of sulfonamides is 1. The highest BCUT2D eigenvalue weighted by Gasteiger charge is 2.39. The molecule has 2 aliphatic carbocycles. The van der Waals surface area contributed by atoms with Crippen LogP contribution < -0.4 is 11.1 Å².